The summed E-state index contributed by atoms with van der Waals surface area (Å²) in [4.78, 5) is 25.4. The molecule has 3 heterocycles. The molecule has 2 aromatic carbocycles. The lowest BCUT2D eigenvalue weighted by Gasteiger charge is -2.35. The van der Waals surface area contributed by atoms with Crippen LogP contribution in [0.5, 0.6) is 0 Å². The van der Waals surface area contributed by atoms with Crippen molar-refractivity contribution in [2.24, 2.45) is 0 Å². The summed E-state index contributed by atoms with van der Waals surface area (Å²) in [5, 5.41) is 8.40. The molecule has 1 saturated heterocycles. The van der Waals surface area contributed by atoms with Crippen LogP contribution in [0.4, 0.5) is 10.2 Å². The number of rotatable bonds is 3. The molecule has 0 N–H and O–H groups in total. The number of carbonyl (C=O) groups excluding carboxylic acids is 1. The fraction of sp³-hybridized carbons (Fsp3) is 0.190. The van der Waals surface area contributed by atoms with Gasteiger partial charge in [0.25, 0.3) is 5.91 Å². The molecule has 1 fully saturated rings. The first-order chi connectivity index (χ1) is 15.1. The van der Waals surface area contributed by atoms with Crippen LogP contribution in [0.2, 0.25) is 0 Å². The van der Waals surface area contributed by atoms with E-state index in [9.17, 15) is 9.18 Å². The molecule has 5 rings (SSSR count). The van der Waals surface area contributed by atoms with E-state index >= 15 is 0 Å². The highest BCUT2D eigenvalue weighted by Crippen LogP contribution is 2.24. The van der Waals surface area contributed by atoms with Crippen molar-refractivity contribution in [3.8, 4) is 5.69 Å². The van der Waals surface area contributed by atoms with Crippen LogP contribution in [-0.4, -0.2) is 61.9 Å². The highest BCUT2D eigenvalue weighted by molar-refractivity contribution is 9.10. The minimum atomic E-state index is -0.359. The molecular formula is C21H17BrFN7O. The average Bonchev–Trinajstić information content (AvgIpc) is 3.24. The minimum Gasteiger partial charge on any atom is -0.351 e. The Morgan fingerprint density at radius 2 is 1.77 bits per heavy atom. The first-order valence-corrected chi connectivity index (χ1v) is 10.5. The molecule has 1 aliphatic rings. The first kappa shape index (κ1) is 19.6. The molecule has 10 heteroatoms. The Balaban J connectivity index is 1.36. The standard InChI is InChI=1S/C21H17BrFN7O/c22-15-6-4-14(5-7-15)21(31)29-10-8-28(9-11-29)19-18-20(25-13-24-19)30(27-26-18)17-3-1-2-16(23)12-17/h1-7,12-13H,8-11H2. The summed E-state index contributed by atoms with van der Waals surface area (Å²) >= 11 is 3.39. The molecular weight excluding hydrogens is 465 g/mol. The summed E-state index contributed by atoms with van der Waals surface area (Å²) in [6, 6.07) is 13.5. The molecule has 4 aromatic rings. The largest absolute Gasteiger partial charge is 0.351 e. The van der Waals surface area contributed by atoms with Crippen molar-refractivity contribution in [2.75, 3.05) is 31.1 Å². The van der Waals surface area contributed by atoms with E-state index in [2.05, 4.69) is 41.1 Å². The summed E-state index contributed by atoms with van der Waals surface area (Å²) in [6.07, 6.45) is 1.45. The minimum absolute atomic E-state index is 0.0111. The van der Waals surface area contributed by atoms with Crippen LogP contribution in [0, 0.1) is 5.82 Å². The second-order valence-corrected chi connectivity index (χ2v) is 8.05. The number of nitrogens with zero attached hydrogens (tertiary/aromatic N) is 7. The van der Waals surface area contributed by atoms with Crippen LogP contribution < -0.4 is 4.90 Å². The molecule has 156 valence electrons. The van der Waals surface area contributed by atoms with Crippen LogP contribution in [0.3, 0.4) is 0 Å². The van der Waals surface area contributed by atoms with Crippen LogP contribution in [-0.2, 0) is 0 Å². The lowest BCUT2D eigenvalue weighted by atomic mass is 10.2. The maximum Gasteiger partial charge on any atom is 0.253 e. The number of halogens is 2. The molecule has 1 aliphatic heterocycles. The van der Waals surface area contributed by atoms with Crippen LogP contribution in [0.25, 0.3) is 16.9 Å². The molecule has 0 atom stereocenters. The SMILES string of the molecule is O=C(c1ccc(Br)cc1)N1CCN(c2ncnc3c2nnn3-c2cccc(F)c2)CC1. The highest BCUT2D eigenvalue weighted by atomic mass is 79.9. The molecule has 0 aliphatic carbocycles. The van der Waals surface area contributed by atoms with Crippen LogP contribution in [0.15, 0.2) is 59.3 Å². The van der Waals surface area contributed by atoms with Gasteiger partial charge in [0.2, 0.25) is 0 Å². The van der Waals surface area contributed by atoms with E-state index in [1.54, 1.807) is 12.1 Å². The predicted octanol–water partition coefficient (Wildman–Crippen LogP) is 3.07. The number of anilines is 1. The third-order valence-corrected chi connectivity index (χ3v) is 5.76. The maximum atomic E-state index is 13.6. The second-order valence-electron chi connectivity index (χ2n) is 7.14. The summed E-state index contributed by atoms with van der Waals surface area (Å²) in [7, 11) is 0. The van der Waals surface area contributed by atoms with E-state index in [0.29, 0.717) is 54.4 Å². The third kappa shape index (κ3) is 3.74. The Kier molecular flexibility index (Phi) is 5.06. The van der Waals surface area contributed by atoms with E-state index in [-0.39, 0.29) is 11.7 Å². The average molecular weight is 482 g/mol. The third-order valence-electron chi connectivity index (χ3n) is 5.23. The number of carbonyl (C=O) groups is 1. The Labute approximate surface area is 185 Å². The van der Waals surface area contributed by atoms with Crippen LogP contribution in [0.1, 0.15) is 10.4 Å². The summed E-state index contributed by atoms with van der Waals surface area (Å²) in [5.74, 6) is 0.308. The molecule has 8 nitrogen and oxygen atoms in total. The Hall–Kier alpha value is -3.40. The van der Waals surface area contributed by atoms with Gasteiger partial charge in [0.05, 0.1) is 5.69 Å². The Bertz CT molecular complexity index is 1250. The van der Waals surface area contributed by atoms with Gasteiger partial charge in [0.15, 0.2) is 17.0 Å². The Morgan fingerprint density at radius 3 is 2.52 bits per heavy atom. The zero-order chi connectivity index (χ0) is 21.4. The van der Waals surface area contributed by atoms with Gasteiger partial charge in [0.1, 0.15) is 12.1 Å². The van der Waals surface area contributed by atoms with Gasteiger partial charge in [-0.15, -0.1) is 5.10 Å². The second kappa shape index (κ2) is 8.03. The van der Waals surface area contributed by atoms with E-state index < -0.39 is 0 Å². The van der Waals surface area contributed by atoms with Crippen molar-refractivity contribution in [2.45, 2.75) is 0 Å². The zero-order valence-electron chi connectivity index (χ0n) is 16.3. The number of fused-ring (bicyclic) bond motifs is 1. The van der Waals surface area contributed by atoms with Crippen molar-refractivity contribution < 1.29 is 9.18 Å². The molecule has 1 amide bonds. The molecule has 2 aromatic heterocycles. The lowest BCUT2D eigenvalue weighted by molar-refractivity contribution is 0.0746. The van der Waals surface area contributed by atoms with Crippen molar-refractivity contribution in [1.29, 1.82) is 0 Å². The number of benzene rings is 2. The smallest absolute Gasteiger partial charge is 0.253 e. The summed E-state index contributed by atoms with van der Waals surface area (Å²) < 4.78 is 16.1. The van der Waals surface area contributed by atoms with Crippen LogP contribution >= 0.6 is 15.9 Å². The highest BCUT2D eigenvalue weighted by Gasteiger charge is 2.25. The van der Waals surface area contributed by atoms with Gasteiger partial charge in [-0.05, 0) is 42.5 Å². The van der Waals surface area contributed by atoms with Gasteiger partial charge >= 0.3 is 0 Å². The molecule has 0 saturated carbocycles. The topological polar surface area (TPSA) is 80.0 Å². The van der Waals surface area contributed by atoms with Crippen molar-refractivity contribution in [3.63, 3.8) is 0 Å². The van der Waals surface area contributed by atoms with E-state index in [1.165, 1.54) is 23.1 Å². The van der Waals surface area contributed by atoms with Gasteiger partial charge in [0, 0.05) is 36.2 Å². The van der Waals surface area contributed by atoms with E-state index in [0.717, 1.165) is 4.47 Å². The van der Waals surface area contributed by atoms with Crippen molar-refractivity contribution in [3.05, 3.63) is 70.7 Å². The molecule has 31 heavy (non-hydrogen) atoms. The number of hydrogen-bond donors (Lipinski definition) is 0. The Morgan fingerprint density at radius 1 is 1.00 bits per heavy atom. The van der Waals surface area contributed by atoms with Gasteiger partial charge in [-0.25, -0.2) is 14.4 Å². The summed E-state index contributed by atoms with van der Waals surface area (Å²) in [5.41, 5.74) is 2.25. The number of amides is 1. The monoisotopic (exact) mass is 481 g/mol. The van der Waals surface area contributed by atoms with Gasteiger partial charge < -0.3 is 9.80 Å². The lowest BCUT2D eigenvalue weighted by Crippen LogP contribution is -2.49. The fourth-order valence-corrected chi connectivity index (χ4v) is 3.91. The normalized spacial score (nSPS) is 14.3. The first-order valence-electron chi connectivity index (χ1n) is 9.72. The van der Waals surface area contributed by atoms with Crippen molar-refractivity contribution in [1.82, 2.24) is 29.9 Å². The zero-order valence-corrected chi connectivity index (χ0v) is 17.9. The molecule has 0 radical (unpaired) electrons. The fourth-order valence-electron chi connectivity index (χ4n) is 3.65. The summed E-state index contributed by atoms with van der Waals surface area (Å²) in [6.45, 7) is 2.36. The quantitative estimate of drug-likeness (QED) is 0.447. The van der Waals surface area contributed by atoms with E-state index in [1.807, 2.05) is 29.2 Å². The number of aromatic nitrogens is 5. The van der Waals surface area contributed by atoms with Crippen molar-refractivity contribution >= 4 is 38.8 Å². The molecule has 0 bridgehead atoms. The molecule has 0 unspecified atom stereocenters. The predicted molar refractivity (Wildman–Crippen MR) is 117 cm³/mol. The molecule has 0 spiro atoms. The van der Waals surface area contributed by atoms with Gasteiger partial charge in [-0.1, -0.05) is 27.2 Å². The number of hydrogen-bond acceptors (Lipinski definition) is 6. The number of piperazine rings is 1. The van der Waals surface area contributed by atoms with Gasteiger partial charge in [-0.3, -0.25) is 4.79 Å². The van der Waals surface area contributed by atoms with E-state index in [4.69, 9.17) is 0 Å². The van der Waals surface area contributed by atoms with Gasteiger partial charge in [-0.2, -0.15) is 4.68 Å². The maximum absolute atomic E-state index is 13.6.